The highest BCUT2D eigenvalue weighted by Gasteiger charge is 2.27. The summed E-state index contributed by atoms with van der Waals surface area (Å²) in [4.78, 5) is 3.21. The second-order valence-electron chi connectivity index (χ2n) is 4.93. The first-order chi connectivity index (χ1) is 8.54. The lowest BCUT2D eigenvalue weighted by atomic mass is 10.0. The topological polar surface area (TPSA) is 53.2 Å². The minimum atomic E-state index is -3.35. The van der Waals surface area contributed by atoms with Crippen molar-refractivity contribution in [1.29, 1.82) is 0 Å². The Morgan fingerprint density at radius 1 is 1.44 bits per heavy atom. The third-order valence-electron chi connectivity index (χ3n) is 3.47. The zero-order chi connectivity index (χ0) is 13.2. The number of sulfonamides is 1. The first-order valence-electron chi connectivity index (χ1n) is 6.27. The molecule has 1 saturated heterocycles. The van der Waals surface area contributed by atoms with E-state index in [0.717, 1.165) is 25.0 Å². The van der Waals surface area contributed by atoms with Gasteiger partial charge in [-0.05, 0) is 31.2 Å². The van der Waals surface area contributed by atoms with Gasteiger partial charge in [-0.3, -0.25) is 0 Å². The summed E-state index contributed by atoms with van der Waals surface area (Å²) in [5.41, 5.74) is 0.735. The van der Waals surface area contributed by atoms with Gasteiger partial charge in [0.15, 0.2) is 0 Å². The molecule has 2 heterocycles. The van der Waals surface area contributed by atoms with Crippen LogP contribution >= 0.6 is 11.6 Å². The summed E-state index contributed by atoms with van der Waals surface area (Å²) in [6.07, 6.45) is 4.51. The number of nitrogens with zero attached hydrogens (tertiary/aromatic N) is 1. The molecule has 0 saturated carbocycles. The van der Waals surface area contributed by atoms with Crippen LogP contribution in [0.1, 0.15) is 31.9 Å². The number of aromatic amines is 1. The molecule has 1 aliphatic heterocycles. The fourth-order valence-corrected chi connectivity index (χ4v) is 3.94. The van der Waals surface area contributed by atoms with Crippen molar-refractivity contribution >= 4 is 21.6 Å². The summed E-state index contributed by atoms with van der Waals surface area (Å²) < 4.78 is 26.5. The Labute approximate surface area is 113 Å². The molecule has 1 aromatic rings. The Hall–Kier alpha value is -0.520. The molecule has 1 aliphatic rings. The zero-order valence-electron chi connectivity index (χ0n) is 10.5. The molecule has 0 bridgehead atoms. The smallest absolute Gasteiger partial charge is 0.244 e. The second-order valence-corrected chi connectivity index (χ2v) is 7.14. The van der Waals surface area contributed by atoms with Gasteiger partial charge in [-0.15, -0.1) is 11.6 Å². The van der Waals surface area contributed by atoms with Crippen LogP contribution in [-0.2, 0) is 15.9 Å². The van der Waals surface area contributed by atoms with Gasteiger partial charge < -0.3 is 4.98 Å². The molecule has 1 N–H and O–H groups in total. The Morgan fingerprint density at radius 3 is 2.89 bits per heavy atom. The van der Waals surface area contributed by atoms with Crippen molar-refractivity contribution in [3.63, 3.8) is 0 Å². The molecule has 6 heteroatoms. The summed E-state index contributed by atoms with van der Waals surface area (Å²) in [6.45, 7) is 3.41. The molecule has 0 radical (unpaired) electrons. The molecule has 102 valence electrons. The third kappa shape index (κ3) is 2.90. The normalized spacial score (nSPS) is 22.9. The van der Waals surface area contributed by atoms with Crippen LogP contribution in [0, 0.1) is 5.92 Å². The van der Waals surface area contributed by atoms with Crippen LogP contribution in [-0.4, -0.2) is 30.8 Å². The number of H-pyrrole nitrogens is 1. The lowest BCUT2D eigenvalue weighted by molar-refractivity contribution is 0.417. The molecule has 18 heavy (non-hydrogen) atoms. The van der Waals surface area contributed by atoms with Crippen LogP contribution in [0.25, 0.3) is 0 Å². The zero-order valence-corrected chi connectivity index (χ0v) is 12.1. The van der Waals surface area contributed by atoms with Crippen molar-refractivity contribution in [2.75, 3.05) is 13.1 Å². The summed E-state index contributed by atoms with van der Waals surface area (Å²) in [5, 5.41) is 0. The standard InChI is InChI=1S/C12H19ClN2O2S/c1-10-3-2-5-15(6-4-10)18(16,17)12-7-11(8-13)14-9-12/h7,9-10,14H,2-6,8H2,1H3. The molecule has 2 rings (SSSR count). The molecule has 0 spiro atoms. The van der Waals surface area contributed by atoms with E-state index in [1.807, 2.05) is 0 Å². The van der Waals surface area contributed by atoms with Crippen LogP contribution in [0.15, 0.2) is 17.2 Å². The van der Waals surface area contributed by atoms with E-state index >= 15 is 0 Å². The lowest BCUT2D eigenvalue weighted by Gasteiger charge is -2.19. The average Bonchev–Trinajstić information content (AvgIpc) is 2.72. The van der Waals surface area contributed by atoms with E-state index in [1.54, 1.807) is 10.4 Å². The van der Waals surface area contributed by atoms with E-state index < -0.39 is 10.0 Å². The van der Waals surface area contributed by atoms with Gasteiger partial charge >= 0.3 is 0 Å². The van der Waals surface area contributed by atoms with Crippen molar-refractivity contribution in [2.24, 2.45) is 5.92 Å². The minimum absolute atomic E-state index is 0.298. The van der Waals surface area contributed by atoms with E-state index in [9.17, 15) is 8.42 Å². The highest BCUT2D eigenvalue weighted by molar-refractivity contribution is 7.89. The molecule has 0 aromatic carbocycles. The highest BCUT2D eigenvalue weighted by Crippen LogP contribution is 2.23. The van der Waals surface area contributed by atoms with Crippen molar-refractivity contribution in [1.82, 2.24) is 9.29 Å². The predicted octanol–water partition coefficient (Wildman–Crippen LogP) is 2.56. The summed E-state index contributed by atoms with van der Waals surface area (Å²) in [6, 6.07) is 1.62. The predicted molar refractivity (Wildman–Crippen MR) is 72.1 cm³/mol. The Kier molecular flexibility index (Phi) is 4.35. The molecule has 4 nitrogen and oxygen atoms in total. The van der Waals surface area contributed by atoms with Gasteiger partial charge in [-0.1, -0.05) is 6.92 Å². The Balaban J connectivity index is 2.19. The van der Waals surface area contributed by atoms with Gasteiger partial charge in [-0.2, -0.15) is 4.31 Å². The monoisotopic (exact) mass is 290 g/mol. The van der Waals surface area contributed by atoms with Crippen LogP contribution in [0.4, 0.5) is 0 Å². The summed E-state index contributed by atoms with van der Waals surface area (Å²) in [5.74, 6) is 0.904. The van der Waals surface area contributed by atoms with Gasteiger partial charge in [0.2, 0.25) is 10.0 Å². The fourth-order valence-electron chi connectivity index (χ4n) is 2.27. The van der Waals surface area contributed by atoms with Gasteiger partial charge in [0.1, 0.15) is 0 Å². The van der Waals surface area contributed by atoms with Crippen molar-refractivity contribution < 1.29 is 8.42 Å². The van der Waals surface area contributed by atoms with Crippen LogP contribution < -0.4 is 0 Å². The molecule has 1 unspecified atom stereocenters. The van der Waals surface area contributed by atoms with E-state index in [1.165, 1.54) is 6.20 Å². The molecule has 1 aromatic heterocycles. The first kappa shape index (κ1) is 13.9. The van der Waals surface area contributed by atoms with E-state index in [4.69, 9.17) is 11.6 Å². The van der Waals surface area contributed by atoms with Gasteiger partial charge in [0.25, 0.3) is 0 Å². The molecule has 1 fully saturated rings. The van der Waals surface area contributed by atoms with E-state index in [0.29, 0.717) is 29.8 Å². The Bertz CT molecular complexity index is 498. The van der Waals surface area contributed by atoms with Crippen molar-refractivity contribution in [3.8, 4) is 0 Å². The lowest BCUT2D eigenvalue weighted by Crippen LogP contribution is -2.31. The fraction of sp³-hybridized carbons (Fsp3) is 0.667. The summed E-state index contributed by atoms with van der Waals surface area (Å²) in [7, 11) is -3.35. The number of alkyl halides is 1. The van der Waals surface area contributed by atoms with Crippen LogP contribution in [0.3, 0.4) is 0 Å². The molecular formula is C12H19ClN2O2S. The first-order valence-corrected chi connectivity index (χ1v) is 8.25. The number of rotatable bonds is 3. The molecule has 1 atom stereocenters. The van der Waals surface area contributed by atoms with Gasteiger partial charge in [0.05, 0.1) is 10.8 Å². The van der Waals surface area contributed by atoms with Crippen molar-refractivity contribution in [3.05, 3.63) is 18.0 Å². The quantitative estimate of drug-likeness (QED) is 0.870. The van der Waals surface area contributed by atoms with Gasteiger partial charge in [0, 0.05) is 25.0 Å². The number of halogens is 1. The van der Waals surface area contributed by atoms with Crippen LogP contribution in [0.2, 0.25) is 0 Å². The average molecular weight is 291 g/mol. The third-order valence-corrected chi connectivity index (χ3v) is 5.64. The number of nitrogens with one attached hydrogen (secondary N) is 1. The maximum Gasteiger partial charge on any atom is 0.244 e. The number of aromatic nitrogens is 1. The van der Waals surface area contributed by atoms with Crippen LogP contribution in [0.5, 0.6) is 0 Å². The van der Waals surface area contributed by atoms with E-state index in [2.05, 4.69) is 11.9 Å². The Morgan fingerprint density at radius 2 is 2.22 bits per heavy atom. The maximum absolute atomic E-state index is 12.4. The van der Waals surface area contributed by atoms with Crippen molar-refractivity contribution in [2.45, 2.75) is 37.0 Å². The maximum atomic E-state index is 12.4. The molecule has 0 amide bonds. The minimum Gasteiger partial charge on any atom is -0.363 e. The van der Waals surface area contributed by atoms with Gasteiger partial charge in [-0.25, -0.2) is 8.42 Å². The number of hydrogen-bond acceptors (Lipinski definition) is 2. The number of hydrogen-bond donors (Lipinski definition) is 1. The largest absolute Gasteiger partial charge is 0.363 e. The van der Waals surface area contributed by atoms with E-state index in [-0.39, 0.29) is 0 Å². The summed E-state index contributed by atoms with van der Waals surface area (Å²) >= 11 is 5.68. The SMILES string of the molecule is CC1CCCN(S(=O)(=O)c2c[nH]c(CCl)c2)CC1. The molecule has 0 aliphatic carbocycles. The second kappa shape index (κ2) is 5.63. The highest BCUT2D eigenvalue weighted by atomic mass is 35.5. The molecular weight excluding hydrogens is 272 g/mol.